The Labute approximate surface area is 162 Å². The SMILES string of the molecule is CSc1ccc(NC(=O)c2cc(S(=O)(=O)N3CCCC3)ccc2Cl)cn1. The molecule has 9 heteroatoms. The van der Waals surface area contributed by atoms with Gasteiger partial charge in [-0.05, 0) is 49.4 Å². The standard InChI is InChI=1S/C17H18ClN3O3S2/c1-25-16-7-4-12(11-19-16)20-17(22)14-10-13(5-6-15(14)18)26(23,24)21-8-2-3-9-21/h4-7,10-11H,2-3,8-9H2,1H3,(H,20,22). The minimum Gasteiger partial charge on any atom is -0.321 e. The van der Waals surface area contributed by atoms with E-state index in [0.29, 0.717) is 18.8 Å². The molecule has 0 saturated carbocycles. The van der Waals surface area contributed by atoms with Crippen LogP contribution in [0.1, 0.15) is 23.2 Å². The van der Waals surface area contributed by atoms with Crippen LogP contribution in [0, 0.1) is 0 Å². The van der Waals surface area contributed by atoms with Crippen molar-refractivity contribution < 1.29 is 13.2 Å². The van der Waals surface area contributed by atoms with Crippen molar-refractivity contribution in [1.29, 1.82) is 0 Å². The summed E-state index contributed by atoms with van der Waals surface area (Å²) >= 11 is 7.62. The number of rotatable bonds is 5. The number of aromatic nitrogens is 1. The molecule has 0 bridgehead atoms. The minimum absolute atomic E-state index is 0.0739. The van der Waals surface area contributed by atoms with E-state index in [9.17, 15) is 13.2 Å². The van der Waals surface area contributed by atoms with E-state index in [1.807, 2.05) is 6.26 Å². The summed E-state index contributed by atoms with van der Waals surface area (Å²) in [6.07, 6.45) is 5.15. The maximum absolute atomic E-state index is 12.7. The molecule has 2 heterocycles. The van der Waals surface area contributed by atoms with Gasteiger partial charge >= 0.3 is 0 Å². The zero-order valence-corrected chi connectivity index (χ0v) is 16.5. The molecule has 1 amide bonds. The summed E-state index contributed by atoms with van der Waals surface area (Å²) in [6, 6.07) is 7.72. The van der Waals surface area contributed by atoms with Crippen LogP contribution in [-0.4, -0.2) is 43.0 Å². The fraction of sp³-hybridized carbons (Fsp3) is 0.294. The van der Waals surface area contributed by atoms with Crippen LogP contribution < -0.4 is 5.32 Å². The first kappa shape index (κ1) is 19.2. The van der Waals surface area contributed by atoms with Gasteiger partial charge < -0.3 is 5.32 Å². The lowest BCUT2D eigenvalue weighted by atomic mass is 10.2. The number of anilines is 1. The minimum atomic E-state index is -3.61. The summed E-state index contributed by atoms with van der Waals surface area (Å²) in [5, 5.41) is 3.72. The number of thioether (sulfide) groups is 1. The highest BCUT2D eigenvalue weighted by atomic mass is 35.5. The molecule has 26 heavy (non-hydrogen) atoms. The molecule has 0 radical (unpaired) electrons. The Morgan fingerprint density at radius 3 is 2.58 bits per heavy atom. The largest absolute Gasteiger partial charge is 0.321 e. The third-order valence-electron chi connectivity index (χ3n) is 4.09. The number of nitrogens with zero attached hydrogens (tertiary/aromatic N) is 2. The number of sulfonamides is 1. The summed E-state index contributed by atoms with van der Waals surface area (Å²) in [5.41, 5.74) is 0.623. The highest BCUT2D eigenvalue weighted by Crippen LogP contribution is 2.26. The zero-order valence-electron chi connectivity index (χ0n) is 14.1. The van der Waals surface area contributed by atoms with Crippen molar-refractivity contribution in [2.24, 2.45) is 0 Å². The first-order chi connectivity index (χ1) is 12.4. The number of carbonyl (C=O) groups excluding carboxylic acids is 1. The topological polar surface area (TPSA) is 79.4 Å². The number of hydrogen-bond acceptors (Lipinski definition) is 5. The van der Waals surface area contributed by atoms with Crippen LogP contribution in [0.4, 0.5) is 5.69 Å². The average molecular weight is 412 g/mol. The molecule has 1 aliphatic heterocycles. The Kier molecular flexibility index (Phi) is 5.86. The van der Waals surface area contributed by atoms with Crippen molar-refractivity contribution in [2.75, 3.05) is 24.7 Å². The van der Waals surface area contributed by atoms with Gasteiger partial charge in [-0.2, -0.15) is 4.31 Å². The van der Waals surface area contributed by atoms with Crippen LogP contribution in [0.3, 0.4) is 0 Å². The number of pyridine rings is 1. The number of benzene rings is 1. The van der Waals surface area contributed by atoms with Gasteiger partial charge in [0.2, 0.25) is 10.0 Å². The van der Waals surface area contributed by atoms with Gasteiger partial charge in [-0.1, -0.05) is 11.6 Å². The lowest BCUT2D eigenvalue weighted by Gasteiger charge is -2.16. The fourth-order valence-corrected chi connectivity index (χ4v) is 4.80. The molecule has 138 valence electrons. The molecule has 0 spiro atoms. The Bertz CT molecular complexity index is 911. The van der Waals surface area contributed by atoms with Gasteiger partial charge in [-0.3, -0.25) is 4.79 Å². The second kappa shape index (κ2) is 7.96. The van der Waals surface area contributed by atoms with E-state index < -0.39 is 15.9 Å². The lowest BCUT2D eigenvalue weighted by molar-refractivity contribution is 0.102. The van der Waals surface area contributed by atoms with E-state index in [1.54, 1.807) is 18.3 Å². The molecule has 2 aromatic rings. The molecule has 1 aromatic carbocycles. The Hall–Kier alpha value is -1.61. The third-order valence-corrected chi connectivity index (χ3v) is 6.97. The van der Waals surface area contributed by atoms with Gasteiger partial charge in [0.25, 0.3) is 5.91 Å². The highest BCUT2D eigenvalue weighted by Gasteiger charge is 2.28. The normalized spacial score (nSPS) is 15.2. The molecule has 0 unspecified atom stereocenters. The van der Waals surface area contributed by atoms with Crippen molar-refractivity contribution in [3.63, 3.8) is 0 Å². The maximum atomic E-state index is 12.7. The Balaban J connectivity index is 1.85. The molecular formula is C17H18ClN3O3S2. The van der Waals surface area contributed by atoms with E-state index in [0.717, 1.165) is 17.9 Å². The maximum Gasteiger partial charge on any atom is 0.257 e. The number of halogens is 1. The first-order valence-electron chi connectivity index (χ1n) is 8.03. The fourth-order valence-electron chi connectivity index (χ4n) is 2.69. The molecule has 3 rings (SSSR count). The van der Waals surface area contributed by atoms with Crippen molar-refractivity contribution in [3.8, 4) is 0 Å². The van der Waals surface area contributed by atoms with E-state index in [1.165, 1.54) is 34.3 Å². The van der Waals surface area contributed by atoms with Crippen molar-refractivity contribution in [1.82, 2.24) is 9.29 Å². The van der Waals surface area contributed by atoms with E-state index in [2.05, 4.69) is 10.3 Å². The predicted octanol–water partition coefficient (Wildman–Crippen LogP) is 3.49. The summed E-state index contributed by atoms with van der Waals surface area (Å²) in [4.78, 5) is 16.8. The van der Waals surface area contributed by atoms with Gasteiger partial charge in [0.15, 0.2) is 0 Å². The summed E-state index contributed by atoms with van der Waals surface area (Å²) in [7, 11) is -3.61. The Morgan fingerprint density at radius 2 is 1.96 bits per heavy atom. The van der Waals surface area contributed by atoms with Gasteiger partial charge in [0, 0.05) is 13.1 Å². The zero-order chi connectivity index (χ0) is 18.7. The number of nitrogens with one attached hydrogen (secondary N) is 1. The van der Waals surface area contributed by atoms with Crippen LogP contribution in [0.25, 0.3) is 0 Å². The molecule has 1 aromatic heterocycles. The predicted molar refractivity (Wildman–Crippen MR) is 103 cm³/mol. The van der Waals surface area contributed by atoms with Gasteiger partial charge in [0.1, 0.15) is 0 Å². The average Bonchev–Trinajstić information content (AvgIpc) is 3.18. The van der Waals surface area contributed by atoms with Crippen LogP contribution >= 0.6 is 23.4 Å². The van der Waals surface area contributed by atoms with Gasteiger partial charge in [-0.25, -0.2) is 13.4 Å². The number of amides is 1. The molecule has 1 fully saturated rings. The van der Waals surface area contributed by atoms with Gasteiger partial charge in [0.05, 0.1) is 32.4 Å². The van der Waals surface area contributed by atoms with Crippen LogP contribution in [0.5, 0.6) is 0 Å². The van der Waals surface area contributed by atoms with Crippen molar-refractivity contribution in [2.45, 2.75) is 22.8 Å². The second-order valence-corrected chi connectivity index (χ2v) is 8.97. The van der Waals surface area contributed by atoms with Crippen LogP contribution in [-0.2, 0) is 10.0 Å². The van der Waals surface area contributed by atoms with Crippen molar-refractivity contribution in [3.05, 3.63) is 47.1 Å². The Morgan fingerprint density at radius 1 is 1.23 bits per heavy atom. The highest BCUT2D eigenvalue weighted by molar-refractivity contribution is 7.98. The number of carbonyl (C=O) groups is 1. The molecule has 0 aliphatic carbocycles. The monoisotopic (exact) mass is 411 g/mol. The summed E-state index contributed by atoms with van der Waals surface area (Å²) < 4.78 is 26.8. The van der Waals surface area contributed by atoms with Crippen LogP contribution in [0.15, 0.2) is 46.5 Å². The summed E-state index contributed by atoms with van der Waals surface area (Å²) in [5.74, 6) is -0.479. The summed E-state index contributed by atoms with van der Waals surface area (Å²) in [6.45, 7) is 1.000. The van der Waals surface area contributed by atoms with Gasteiger partial charge in [-0.15, -0.1) is 11.8 Å². The molecular weight excluding hydrogens is 394 g/mol. The van der Waals surface area contributed by atoms with Crippen molar-refractivity contribution >= 4 is 45.0 Å². The second-order valence-electron chi connectivity index (χ2n) is 5.80. The van der Waals surface area contributed by atoms with E-state index >= 15 is 0 Å². The number of hydrogen-bond donors (Lipinski definition) is 1. The third kappa shape index (κ3) is 4.03. The lowest BCUT2D eigenvalue weighted by Crippen LogP contribution is -2.28. The van der Waals surface area contributed by atoms with Crippen LogP contribution in [0.2, 0.25) is 5.02 Å². The first-order valence-corrected chi connectivity index (χ1v) is 11.1. The molecule has 1 N–H and O–H groups in total. The quantitative estimate of drug-likeness (QED) is 0.762. The van der Waals surface area contributed by atoms with E-state index in [-0.39, 0.29) is 15.5 Å². The molecule has 1 aliphatic rings. The molecule has 1 saturated heterocycles. The van der Waals surface area contributed by atoms with E-state index in [4.69, 9.17) is 11.6 Å². The smallest absolute Gasteiger partial charge is 0.257 e. The molecule has 6 nitrogen and oxygen atoms in total. The molecule has 0 atom stereocenters.